The zero-order valence-corrected chi connectivity index (χ0v) is 14.6. The van der Waals surface area contributed by atoms with E-state index < -0.39 is 0 Å². The molecule has 0 spiro atoms. The van der Waals surface area contributed by atoms with Crippen molar-refractivity contribution in [3.05, 3.63) is 76.5 Å². The molecule has 4 nitrogen and oxygen atoms in total. The fourth-order valence-corrected chi connectivity index (χ4v) is 3.02. The molecular formula is C20H18N2O2S. The van der Waals surface area contributed by atoms with Crippen molar-refractivity contribution in [2.75, 3.05) is 6.61 Å². The first-order valence-electron chi connectivity index (χ1n) is 7.86. The van der Waals surface area contributed by atoms with Gasteiger partial charge in [0.1, 0.15) is 5.75 Å². The molecule has 1 aromatic heterocycles. The van der Waals surface area contributed by atoms with Crippen LogP contribution in [0.3, 0.4) is 0 Å². The van der Waals surface area contributed by atoms with Crippen molar-refractivity contribution in [1.29, 1.82) is 0 Å². The highest BCUT2D eigenvalue weighted by molar-refractivity contribution is 7.11. The molecule has 1 heterocycles. The Morgan fingerprint density at radius 2 is 1.80 bits per heavy atom. The molecule has 5 heteroatoms. The third kappa shape index (κ3) is 4.78. The van der Waals surface area contributed by atoms with Crippen LogP contribution in [0, 0.1) is 6.92 Å². The third-order valence-electron chi connectivity index (χ3n) is 3.60. The number of aryl methyl sites for hydroxylation is 1. The number of carbonyl (C=O) groups excluding carboxylic acids is 1. The van der Waals surface area contributed by atoms with Gasteiger partial charge in [0.25, 0.3) is 5.91 Å². The summed E-state index contributed by atoms with van der Waals surface area (Å²) in [6, 6.07) is 19.8. The number of carbonyl (C=O) groups is 1. The van der Waals surface area contributed by atoms with E-state index in [9.17, 15) is 4.79 Å². The SMILES string of the molecule is Cc1ccsc1/C=N/NC(=O)COc1ccc(-c2ccccc2)cc1. The lowest BCUT2D eigenvalue weighted by Gasteiger charge is -2.06. The summed E-state index contributed by atoms with van der Waals surface area (Å²) >= 11 is 1.58. The number of hydrogen-bond donors (Lipinski definition) is 1. The van der Waals surface area contributed by atoms with E-state index in [2.05, 4.69) is 22.7 Å². The van der Waals surface area contributed by atoms with Gasteiger partial charge in [0.15, 0.2) is 6.61 Å². The summed E-state index contributed by atoms with van der Waals surface area (Å²) in [6.07, 6.45) is 1.65. The first kappa shape index (κ1) is 16.9. The molecule has 25 heavy (non-hydrogen) atoms. The minimum absolute atomic E-state index is 0.0779. The molecule has 126 valence electrons. The molecule has 0 atom stereocenters. The maximum Gasteiger partial charge on any atom is 0.277 e. The lowest BCUT2D eigenvalue weighted by atomic mass is 10.1. The average molecular weight is 350 g/mol. The molecular weight excluding hydrogens is 332 g/mol. The second-order valence-corrected chi connectivity index (χ2v) is 6.39. The Bertz CT molecular complexity index is 855. The fourth-order valence-electron chi connectivity index (χ4n) is 2.23. The number of amides is 1. The Morgan fingerprint density at radius 1 is 1.08 bits per heavy atom. The summed E-state index contributed by atoms with van der Waals surface area (Å²) in [5, 5.41) is 5.93. The smallest absolute Gasteiger partial charge is 0.277 e. The highest BCUT2D eigenvalue weighted by Gasteiger charge is 2.03. The summed E-state index contributed by atoms with van der Waals surface area (Å²) in [6.45, 7) is 1.92. The van der Waals surface area contributed by atoms with Gasteiger partial charge >= 0.3 is 0 Å². The highest BCUT2D eigenvalue weighted by atomic mass is 32.1. The summed E-state index contributed by atoms with van der Waals surface area (Å²) in [7, 11) is 0. The molecule has 0 aliphatic carbocycles. The van der Waals surface area contributed by atoms with Gasteiger partial charge < -0.3 is 4.74 Å². The van der Waals surface area contributed by atoms with Crippen LogP contribution in [0.25, 0.3) is 11.1 Å². The molecule has 3 rings (SSSR count). The van der Waals surface area contributed by atoms with Gasteiger partial charge in [0.05, 0.1) is 6.21 Å². The van der Waals surface area contributed by atoms with Crippen LogP contribution in [0.5, 0.6) is 5.75 Å². The van der Waals surface area contributed by atoms with Crippen LogP contribution in [0.15, 0.2) is 71.1 Å². The molecule has 1 N–H and O–H groups in total. The molecule has 0 fully saturated rings. The van der Waals surface area contributed by atoms with Crippen molar-refractivity contribution in [2.24, 2.45) is 5.10 Å². The van der Waals surface area contributed by atoms with Gasteiger partial charge in [-0.1, -0.05) is 42.5 Å². The topological polar surface area (TPSA) is 50.7 Å². The number of hydrogen-bond acceptors (Lipinski definition) is 4. The zero-order valence-electron chi connectivity index (χ0n) is 13.8. The molecule has 0 aliphatic rings. The van der Waals surface area contributed by atoms with Crippen LogP contribution in [0.2, 0.25) is 0 Å². The Balaban J connectivity index is 1.49. The van der Waals surface area contributed by atoms with E-state index in [-0.39, 0.29) is 12.5 Å². The average Bonchev–Trinajstić information content (AvgIpc) is 3.06. The largest absolute Gasteiger partial charge is 0.484 e. The minimum Gasteiger partial charge on any atom is -0.484 e. The van der Waals surface area contributed by atoms with Gasteiger partial charge in [-0.2, -0.15) is 5.10 Å². The van der Waals surface area contributed by atoms with Crippen molar-refractivity contribution < 1.29 is 9.53 Å². The van der Waals surface area contributed by atoms with E-state index in [1.807, 2.05) is 60.8 Å². The first-order chi connectivity index (χ1) is 12.2. The number of thiophene rings is 1. The number of nitrogens with one attached hydrogen (secondary N) is 1. The van der Waals surface area contributed by atoms with Gasteiger partial charge in [-0.25, -0.2) is 5.43 Å². The molecule has 0 aliphatic heterocycles. The summed E-state index contributed by atoms with van der Waals surface area (Å²) in [4.78, 5) is 12.8. The van der Waals surface area contributed by atoms with Crippen molar-refractivity contribution in [3.63, 3.8) is 0 Å². The molecule has 0 radical (unpaired) electrons. The number of benzene rings is 2. The quantitative estimate of drug-likeness (QED) is 0.534. The van der Waals surface area contributed by atoms with Crippen LogP contribution < -0.4 is 10.2 Å². The van der Waals surface area contributed by atoms with Crippen molar-refractivity contribution in [1.82, 2.24) is 5.43 Å². The van der Waals surface area contributed by atoms with Crippen molar-refractivity contribution in [2.45, 2.75) is 6.92 Å². The maximum absolute atomic E-state index is 11.8. The van der Waals surface area contributed by atoms with Gasteiger partial charge in [-0.15, -0.1) is 11.3 Å². The minimum atomic E-state index is -0.294. The number of hydrazone groups is 1. The van der Waals surface area contributed by atoms with Gasteiger partial charge in [0.2, 0.25) is 0 Å². The Kier molecular flexibility index (Phi) is 5.59. The van der Waals surface area contributed by atoms with Crippen LogP contribution >= 0.6 is 11.3 Å². The zero-order chi connectivity index (χ0) is 17.5. The Morgan fingerprint density at radius 3 is 2.48 bits per heavy atom. The summed E-state index contributed by atoms with van der Waals surface area (Å²) in [5.74, 6) is 0.352. The summed E-state index contributed by atoms with van der Waals surface area (Å²) in [5.41, 5.74) is 5.85. The van der Waals surface area contributed by atoms with E-state index in [1.54, 1.807) is 17.6 Å². The highest BCUT2D eigenvalue weighted by Crippen LogP contribution is 2.21. The van der Waals surface area contributed by atoms with E-state index in [0.29, 0.717) is 5.75 Å². The fraction of sp³-hybridized carbons (Fsp3) is 0.100. The van der Waals surface area contributed by atoms with Gasteiger partial charge in [-0.05, 0) is 47.2 Å². The normalized spacial score (nSPS) is 10.8. The number of rotatable bonds is 6. The Labute approximate surface area is 150 Å². The van der Waals surface area contributed by atoms with Crippen molar-refractivity contribution in [3.8, 4) is 16.9 Å². The molecule has 2 aromatic carbocycles. The predicted octanol–water partition coefficient (Wildman–Crippen LogP) is 4.25. The lowest BCUT2D eigenvalue weighted by molar-refractivity contribution is -0.123. The Hall–Kier alpha value is -2.92. The van der Waals surface area contributed by atoms with Crippen LogP contribution in [-0.4, -0.2) is 18.7 Å². The second kappa shape index (κ2) is 8.26. The first-order valence-corrected chi connectivity index (χ1v) is 8.74. The predicted molar refractivity (Wildman–Crippen MR) is 102 cm³/mol. The van der Waals surface area contributed by atoms with Crippen LogP contribution in [0.1, 0.15) is 10.4 Å². The molecule has 0 unspecified atom stereocenters. The van der Waals surface area contributed by atoms with Crippen LogP contribution in [-0.2, 0) is 4.79 Å². The lowest BCUT2D eigenvalue weighted by Crippen LogP contribution is -2.24. The molecule has 0 saturated heterocycles. The van der Waals surface area contributed by atoms with Gasteiger partial charge in [-0.3, -0.25) is 4.79 Å². The molecule has 0 bridgehead atoms. The maximum atomic E-state index is 11.8. The number of ether oxygens (including phenoxy) is 1. The van der Waals surface area contributed by atoms with Crippen molar-refractivity contribution >= 4 is 23.5 Å². The third-order valence-corrected chi connectivity index (χ3v) is 4.56. The molecule has 1 amide bonds. The monoisotopic (exact) mass is 350 g/mol. The number of nitrogens with zero attached hydrogens (tertiary/aromatic N) is 1. The molecule has 3 aromatic rings. The van der Waals surface area contributed by atoms with Crippen LogP contribution in [0.4, 0.5) is 0 Å². The van der Waals surface area contributed by atoms with E-state index >= 15 is 0 Å². The van der Waals surface area contributed by atoms with E-state index in [1.165, 1.54) is 0 Å². The second-order valence-electron chi connectivity index (χ2n) is 5.44. The van der Waals surface area contributed by atoms with E-state index in [4.69, 9.17) is 4.74 Å². The molecule has 0 saturated carbocycles. The summed E-state index contributed by atoms with van der Waals surface area (Å²) < 4.78 is 5.49. The van der Waals surface area contributed by atoms with Gasteiger partial charge in [0, 0.05) is 4.88 Å². The van der Waals surface area contributed by atoms with E-state index in [0.717, 1.165) is 21.6 Å². The standard InChI is InChI=1S/C20H18N2O2S/c1-15-11-12-25-19(15)13-21-22-20(23)14-24-18-9-7-17(8-10-18)16-5-3-2-4-6-16/h2-13H,14H2,1H3,(H,22,23)/b21-13+.